The number of rotatable bonds is 8. The Hall–Kier alpha value is -7.61. The third-order valence-electron chi connectivity index (χ3n) is 11.1. The number of pyridine rings is 1. The van der Waals surface area contributed by atoms with E-state index >= 15 is 0 Å². The van der Waals surface area contributed by atoms with Gasteiger partial charge in [0.1, 0.15) is 0 Å². The summed E-state index contributed by atoms with van der Waals surface area (Å²) >= 11 is 0. The molecule has 10 rings (SSSR count). The van der Waals surface area contributed by atoms with Gasteiger partial charge < -0.3 is 0 Å². The summed E-state index contributed by atoms with van der Waals surface area (Å²) in [5, 5.41) is 2.47. The summed E-state index contributed by atoms with van der Waals surface area (Å²) in [6.45, 7) is 0. The smallest absolute Gasteiger partial charge is 0.0702 e. The Bertz CT molecular complexity index is 2950. The molecule has 0 N–H and O–H groups in total. The molecule has 1 heterocycles. The summed E-state index contributed by atoms with van der Waals surface area (Å²) in [6, 6.07) is 83.4. The summed E-state index contributed by atoms with van der Waals surface area (Å²) in [7, 11) is 0. The lowest BCUT2D eigenvalue weighted by atomic mass is 9.85. The van der Waals surface area contributed by atoms with Crippen molar-refractivity contribution >= 4 is 10.8 Å². The van der Waals surface area contributed by atoms with E-state index in [1.54, 1.807) is 0 Å². The lowest BCUT2D eigenvalue weighted by Crippen LogP contribution is -1.92. The van der Waals surface area contributed by atoms with Crippen LogP contribution in [0.1, 0.15) is 0 Å². The molecule has 58 heavy (non-hydrogen) atoms. The van der Waals surface area contributed by atoms with Gasteiger partial charge in [-0.15, -0.1) is 0 Å². The highest BCUT2D eigenvalue weighted by Gasteiger charge is 2.17. The Kier molecular flexibility index (Phi) is 9.31. The van der Waals surface area contributed by atoms with Gasteiger partial charge in [-0.3, -0.25) is 4.98 Å². The molecule has 0 bridgehead atoms. The van der Waals surface area contributed by atoms with Gasteiger partial charge in [-0.05, 0) is 143 Å². The minimum Gasteiger partial charge on any atom is -0.256 e. The first-order valence-corrected chi connectivity index (χ1v) is 19.9. The molecule has 0 atom stereocenters. The third kappa shape index (κ3) is 6.91. The zero-order valence-electron chi connectivity index (χ0n) is 32.0. The lowest BCUT2D eigenvalue weighted by molar-refractivity contribution is 1.33. The van der Waals surface area contributed by atoms with Gasteiger partial charge in [0.2, 0.25) is 0 Å². The van der Waals surface area contributed by atoms with Crippen molar-refractivity contribution in [3.8, 4) is 89.1 Å². The zero-order valence-corrected chi connectivity index (χ0v) is 32.0. The van der Waals surface area contributed by atoms with Crippen LogP contribution >= 0.6 is 0 Å². The first-order valence-electron chi connectivity index (χ1n) is 19.9. The van der Waals surface area contributed by atoms with Crippen LogP contribution in [-0.4, -0.2) is 4.98 Å². The molecule has 272 valence electrons. The summed E-state index contributed by atoms with van der Waals surface area (Å²) in [6.07, 6.45) is 1.86. The van der Waals surface area contributed by atoms with Gasteiger partial charge in [0, 0.05) is 11.8 Å². The van der Waals surface area contributed by atoms with E-state index in [0.29, 0.717) is 0 Å². The fourth-order valence-corrected chi connectivity index (χ4v) is 8.27. The second kappa shape index (κ2) is 15.5. The molecule has 0 fully saturated rings. The van der Waals surface area contributed by atoms with Crippen LogP contribution < -0.4 is 0 Å². The summed E-state index contributed by atoms with van der Waals surface area (Å²) < 4.78 is 0. The standard InChI is InChI=1S/C57H39N/c1-5-17-40(18-6-1)46-34-47(41-19-7-2-8-20-41)36-49(35-46)50-37-48(44-25-15-26-45(33-44)56-29-13-14-32-58-56)38-51(39-50)54-31-30-52(42-21-9-3-10-22-42)55-28-16-27-53(57(54)55)43-23-11-4-12-24-43/h1-39H. The van der Waals surface area contributed by atoms with Crippen molar-refractivity contribution in [3.63, 3.8) is 0 Å². The predicted molar refractivity (Wildman–Crippen MR) is 245 cm³/mol. The van der Waals surface area contributed by atoms with Crippen molar-refractivity contribution < 1.29 is 0 Å². The molecule has 0 amide bonds. The molecule has 9 aromatic carbocycles. The van der Waals surface area contributed by atoms with E-state index in [4.69, 9.17) is 4.98 Å². The Morgan fingerprint density at radius 3 is 1.19 bits per heavy atom. The van der Waals surface area contributed by atoms with E-state index in [2.05, 4.69) is 218 Å². The minimum atomic E-state index is 0.957. The number of fused-ring (bicyclic) bond motifs is 1. The van der Waals surface area contributed by atoms with Gasteiger partial charge in [0.25, 0.3) is 0 Å². The van der Waals surface area contributed by atoms with Crippen LogP contribution in [0.15, 0.2) is 237 Å². The largest absolute Gasteiger partial charge is 0.256 e. The molecule has 0 aliphatic heterocycles. The maximum atomic E-state index is 4.70. The van der Waals surface area contributed by atoms with Crippen molar-refractivity contribution in [2.24, 2.45) is 0 Å². The second-order valence-electron chi connectivity index (χ2n) is 14.7. The van der Waals surface area contributed by atoms with E-state index < -0.39 is 0 Å². The average Bonchev–Trinajstić information content (AvgIpc) is 3.32. The van der Waals surface area contributed by atoms with Crippen molar-refractivity contribution in [2.75, 3.05) is 0 Å². The Balaban J connectivity index is 1.26. The van der Waals surface area contributed by atoms with Gasteiger partial charge in [-0.2, -0.15) is 0 Å². The highest BCUT2D eigenvalue weighted by Crippen LogP contribution is 2.44. The lowest BCUT2D eigenvalue weighted by Gasteiger charge is -2.18. The Morgan fingerprint density at radius 1 is 0.224 bits per heavy atom. The van der Waals surface area contributed by atoms with Crippen molar-refractivity contribution in [3.05, 3.63) is 237 Å². The molecule has 0 saturated carbocycles. The molecule has 0 spiro atoms. The fraction of sp³-hybridized carbons (Fsp3) is 0. The van der Waals surface area contributed by atoms with Crippen LogP contribution in [0.3, 0.4) is 0 Å². The van der Waals surface area contributed by atoms with E-state index in [1.807, 2.05) is 18.3 Å². The van der Waals surface area contributed by atoms with Crippen molar-refractivity contribution in [1.82, 2.24) is 4.98 Å². The molecule has 0 unspecified atom stereocenters. The van der Waals surface area contributed by atoms with Crippen LogP contribution in [0.5, 0.6) is 0 Å². The average molecular weight is 738 g/mol. The van der Waals surface area contributed by atoms with Gasteiger partial charge in [-0.25, -0.2) is 0 Å². The van der Waals surface area contributed by atoms with Gasteiger partial charge in [0.15, 0.2) is 0 Å². The monoisotopic (exact) mass is 737 g/mol. The van der Waals surface area contributed by atoms with Crippen LogP contribution in [0, 0.1) is 0 Å². The first kappa shape index (κ1) is 34.8. The number of hydrogen-bond acceptors (Lipinski definition) is 1. The first-order chi connectivity index (χ1) is 28.7. The van der Waals surface area contributed by atoms with E-state index in [0.717, 1.165) is 39.1 Å². The topological polar surface area (TPSA) is 12.9 Å². The second-order valence-corrected chi connectivity index (χ2v) is 14.7. The molecule has 1 heteroatoms. The minimum absolute atomic E-state index is 0.957. The molecular weight excluding hydrogens is 699 g/mol. The summed E-state index contributed by atoms with van der Waals surface area (Å²) in [4.78, 5) is 4.70. The van der Waals surface area contributed by atoms with E-state index in [-0.39, 0.29) is 0 Å². The molecule has 10 aromatic rings. The van der Waals surface area contributed by atoms with Gasteiger partial charge in [0.05, 0.1) is 5.69 Å². The van der Waals surface area contributed by atoms with Crippen LogP contribution in [0.25, 0.3) is 99.9 Å². The number of aromatic nitrogens is 1. The SMILES string of the molecule is c1ccc(-c2cc(-c3ccccc3)cc(-c3cc(-c4cccc(-c5ccccn5)c4)cc(-c4ccc(-c5ccccc5)c5cccc(-c6ccccc6)c45)c3)c2)cc1. The van der Waals surface area contributed by atoms with Crippen LogP contribution in [0.4, 0.5) is 0 Å². The fourth-order valence-electron chi connectivity index (χ4n) is 8.27. The highest BCUT2D eigenvalue weighted by atomic mass is 14.7. The maximum Gasteiger partial charge on any atom is 0.0702 e. The Labute approximate surface area is 340 Å². The van der Waals surface area contributed by atoms with Crippen LogP contribution in [0.2, 0.25) is 0 Å². The number of hydrogen-bond donors (Lipinski definition) is 0. The predicted octanol–water partition coefficient (Wildman–Crippen LogP) is 15.6. The van der Waals surface area contributed by atoms with Crippen LogP contribution in [-0.2, 0) is 0 Å². The third-order valence-corrected chi connectivity index (χ3v) is 11.1. The molecular formula is C57H39N. The summed E-state index contributed by atoms with van der Waals surface area (Å²) in [5.41, 5.74) is 18.6. The summed E-state index contributed by atoms with van der Waals surface area (Å²) in [5.74, 6) is 0. The molecule has 1 aromatic heterocycles. The van der Waals surface area contributed by atoms with E-state index in [1.165, 1.54) is 60.8 Å². The van der Waals surface area contributed by atoms with Gasteiger partial charge in [-0.1, -0.05) is 176 Å². The number of nitrogens with zero attached hydrogens (tertiary/aromatic N) is 1. The number of benzene rings is 9. The van der Waals surface area contributed by atoms with Crippen molar-refractivity contribution in [2.45, 2.75) is 0 Å². The van der Waals surface area contributed by atoms with E-state index in [9.17, 15) is 0 Å². The molecule has 1 nitrogen and oxygen atoms in total. The molecule has 0 radical (unpaired) electrons. The van der Waals surface area contributed by atoms with Crippen molar-refractivity contribution in [1.29, 1.82) is 0 Å². The molecule has 0 saturated heterocycles. The maximum absolute atomic E-state index is 4.70. The van der Waals surface area contributed by atoms with Gasteiger partial charge >= 0.3 is 0 Å². The Morgan fingerprint density at radius 2 is 0.621 bits per heavy atom. The zero-order chi connectivity index (χ0) is 38.7. The molecule has 0 aliphatic rings. The quantitative estimate of drug-likeness (QED) is 0.151. The highest BCUT2D eigenvalue weighted by molar-refractivity contribution is 6.12. The normalized spacial score (nSPS) is 11.1. The molecule has 0 aliphatic carbocycles.